The number of nitrogens with zero attached hydrogens (tertiary/aromatic N) is 1. The van der Waals surface area contributed by atoms with Crippen LogP contribution in [0.2, 0.25) is 0 Å². The van der Waals surface area contributed by atoms with Gasteiger partial charge in [0.15, 0.2) is 6.61 Å². The highest BCUT2D eigenvalue weighted by molar-refractivity contribution is 7.90. The van der Waals surface area contributed by atoms with Crippen LogP contribution in [0.4, 0.5) is 5.69 Å². The number of hydrogen-bond donors (Lipinski definition) is 2. The molecule has 0 aliphatic carbocycles. The Balaban J connectivity index is 1.44. The van der Waals surface area contributed by atoms with Crippen LogP contribution in [0, 0.1) is 0 Å². The first-order valence-electron chi connectivity index (χ1n) is 9.69. The van der Waals surface area contributed by atoms with Crippen LogP contribution in [0.5, 0.6) is 0 Å². The van der Waals surface area contributed by atoms with Crippen LogP contribution in [0.1, 0.15) is 29.3 Å². The lowest BCUT2D eigenvalue weighted by molar-refractivity contribution is -0.147. The number of carbonyl (C=O) groups is 3. The van der Waals surface area contributed by atoms with Gasteiger partial charge in [0.05, 0.1) is 30.0 Å². The van der Waals surface area contributed by atoms with E-state index in [1.165, 1.54) is 30.3 Å². The van der Waals surface area contributed by atoms with Crippen molar-refractivity contribution in [2.45, 2.75) is 18.2 Å². The lowest BCUT2D eigenvalue weighted by Gasteiger charge is -2.07. The first kappa shape index (κ1) is 22.9. The van der Waals surface area contributed by atoms with Gasteiger partial charge in [-0.15, -0.1) is 0 Å². The van der Waals surface area contributed by atoms with E-state index in [9.17, 15) is 22.8 Å². The predicted molar refractivity (Wildman–Crippen MR) is 115 cm³/mol. The van der Waals surface area contributed by atoms with Crippen molar-refractivity contribution >= 4 is 39.4 Å². The van der Waals surface area contributed by atoms with Crippen molar-refractivity contribution in [2.75, 3.05) is 25.1 Å². The second-order valence-corrected chi connectivity index (χ2v) is 8.24. The number of sulfonamides is 1. The molecule has 0 bridgehead atoms. The summed E-state index contributed by atoms with van der Waals surface area (Å²) in [6.07, 6.45) is -0.130. The molecule has 2 aromatic rings. The van der Waals surface area contributed by atoms with Gasteiger partial charge < -0.3 is 14.8 Å². The fourth-order valence-corrected chi connectivity index (χ4v) is 4.08. The Morgan fingerprint density at radius 3 is 2.47 bits per heavy atom. The molecule has 3 rings (SSSR count). The average Bonchev–Trinajstić information content (AvgIpc) is 3.03. The van der Waals surface area contributed by atoms with Gasteiger partial charge in [-0.3, -0.25) is 19.3 Å². The van der Waals surface area contributed by atoms with E-state index < -0.39 is 34.5 Å². The van der Waals surface area contributed by atoms with Crippen LogP contribution >= 0.6 is 0 Å². The van der Waals surface area contributed by atoms with Crippen LogP contribution in [0.3, 0.4) is 0 Å². The third kappa shape index (κ3) is 5.70. The van der Waals surface area contributed by atoms with Crippen molar-refractivity contribution in [3.8, 4) is 0 Å². The van der Waals surface area contributed by atoms with Crippen LogP contribution < -0.4 is 10.0 Å². The molecule has 2 aromatic carbocycles. The average molecular weight is 459 g/mol. The first-order valence-corrected chi connectivity index (χ1v) is 11.2. The van der Waals surface area contributed by atoms with Crippen LogP contribution in [-0.4, -0.2) is 51.9 Å². The molecular weight excluding hydrogens is 438 g/mol. The molecule has 0 radical (unpaired) electrons. The van der Waals surface area contributed by atoms with Crippen LogP contribution in [0.15, 0.2) is 58.4 Å². The van der Waals surface area contributed by atoms with Gasteiger partial charge in [-0.2, -0.15) is 0 Å². The SMILES string of the molecule is CCOC(=O)c1ccc(NC(=O)COC(=O)CCN=C2NS(=O)(=O)c3ccccc32)cc1. The van der Waals surface area contributed by atoms with Crippen molar-refractivity contribution in [1.29, 1.82) is 0 Å². The summed E-state index contributed by atoms with van der Waals surface area (Å²) in [6, 6.07) is 12.5. The van der Waals surface area contributed by atoms with E-state index >= 15 is 0 Å². The number of rotatable bonds is 8. The van der Waals surface area contributed by atoms with Crippen molar-refractivity contribution in [3.05, 3.63) is 59.7 Å². The van der Waals surface area contributed by atoms with Gasteiger partial charge in [0.25, 0.3) is 15.9 Å². The molecule has 1 aliphatic rings. The van der Waals surface area contributed by atoms with Gasteiger partial charge in [-0.05, 0) is 43.3 Å². The number of fused-ring (bicyclic) bond motifs is 1. The zero-order valence-electron chi connectivity index (χ0n) is 17.2. The summed E-state index contributed by atoms with van der Waals surface area (Å²) in [5.41, 5.74) is 1.22. The van der Waals surface area contributed by atoms with E-state index in [0.717, 1.165) is 0 Å². The standard InChI is InChI=1S/C21H21N3O7S/c1-2-30-21(27)14-7-9-15(10-8-14)23-18(25)13-31-19(26)11-12-22-20-16-5-3-4-6-17(16)32(28,29)24-20/h3-10H,2,11-13H2,1H3,(H,22,24)(H,23,25). The van der Waals surface area contributed by atoms with E-state index in [4.69, 9.17) is 9.47 Å². The third-order valence-corrected chi connectivity index (χ3v) is 5.69. The van der Waals surface area contributed by atoms with Crippen molar-refractivity contribution in [2.24, 2.45) is 4.99 Å². The Kier molecular flexibility index (Phi) is 7.21. The summed E-state index contributed by atoms with van der Waals surface area (Å²) in [4.78, 5) is 39.7. The number of carbonyl (C=O) groups excluding carboxylic acids is 3. The molecular formula is C21H21N3O7S. The predicted octanol–water partition coefficient (Wildman–Crippen LogP) is 1.47. The maximum atomic E-state index is 12.0. The Hall–Kier alpha value is -3.73. The number of hydrogen-bond acceptors (Lipinski definition) is 8. The Morgan fingerprint density at radius 1 is 1.03 bits per heavy atom. The van der Waals surface area contributed by atoms with Crippen molar-refractivity contribution < 1.29 is 32.3 Å². The van der Waals surface area contributed by atoms with E-state index in [0.29, 0.717) is 16.8 Å². The van der Waals surface area contributed by atoms with Gasteiger partial charge in [-0.25, -0.2) is 13.2 Å². The molecule has 2 N–H and O–H groups in total. The minimum atomic E-state index is -3.64. The largest absolute Gasteiger partial charge is 0.462 e. The van der Waals surface area contributed by atoms with Gasteiger partial charge >= 0.3 is 11.9 Å². The molecule has 10 nitrogen and oxygen atoms in total. The maximum Gasteiger partial charge on any atom is 0.338 e. The highest BCUT2D eigenvalue weighted by atomic mass is 32.2. The fraction of sp³-hybridized carbons (Fsp3) is 0.238. The molecule has 0 saturated heterocycles. The van der Waals surface area contributed by atoms with Gasteiger partial charge in [-0.1, -0.05) is 12.1 Å². The second kappa shape index (κ2) is 10.1. The summed E-state index contributed by atoms with van der Waals surface area (Å²) in [5, 5.41) is 2.54. The summed E-state index contributed by atoms with van der Waals surface area (Å²) >= 11 is 0. The molecule has 0 unspecified atom stereocenters. The number of benzene rings is 2. The molecule has 0 saturated carbocycles. The zero-order valence-corrected chi connectivity index (χ0v) is 18.0. The highest BCUT2D eigenvalue weighted by Crippen LogP contribution is 2.22. The zero-order chi connectivity index (χ0) is 23.1. The van der Waals surface area contributed by atoms with Crippen molar-refractivity contribution in [3.63, 3.8) is 0 Å². The maximum absolute atomic E-state index is 12.0. The van der Waals surface area contributed by atoms with E-state index in [2.05, 4.69) is 15.0 Å². The van der Waals surface area contributed by atoms with Crippen LogP contribution in [0.25, 0.3) is 0 Å². The topological polar surface area (TPSA) is 140 Å². The molecule has 1 aliphatic heterocycles. The smallest absolute Gasteiger partial charge is 0.338 e. The summed E-state index contributed by atoms with van der Waals surface area (Å²) in [5.74, 6) is -1.50. The molecule has 1 heterocycles. The quantitative estimate of drug-likeness (QED) is 0.570. The van der Waals surface area contributed by atoms with Gasteiger partial charge in [0, 0.05) is 11.3 Å². The molecule has 168 valence electrons. The summed E-state index contributed by atoms with van der Waals surface area (Å²) in [7, 11) is -3.64. The number of amides is 1. The number of aliphatic imine (C=N–C) groups is 1. The lowest BCUT2D eigenvalue weighted by atomic mass is 10.2. The summed E-state index contributed by atoms with van der Waals surface area (Å²) in [6.45, 7) is 1.46. The van der Waals surface area contributed by atoms with E-state index in [1.54, 1.807) is 25.1 Å². The summed E-state index contributed by atoms with van der Waals surface area (Å²) < 4.78 is 36.2. The number of esters is 2. The molecule has 0 atom stereocenters. The highest BCUT2D eigenvalue weighted by Gasteiger charge is 2.29. The normalized spacial score (nSPS) is 14.8. The van der Waals surface area contributed by atoms with E-state index in [1.807, 2.05) is 0 Å². The van der Waals surface area contributed by atoms with Gasteiger partial charge in [0.1, 0.15) is 5.84 Å². The molecule has 11 heteroatoms. The number of nitrogens with one attached hydrogen (secondary N) is 2. The van der Waals surface area contributed by atoms with Crippen molar-refractivity contribution in [1.82, 2.24) is 4.72 Å². The third-order valence-electron chi connectivity index (χ3n) is 4.29. The molecule has 32 heavy (non-hydrogen) atoms. The number of anilines is 1. The van der Waals surface area contributed by atoms with E-state index in [-0.39, 0.29) is 30.3 Å². The lowest BCUT2D eigenvalue weighted by Crippen LogP contribution is -2.23. The molecule has 1 amide bonds. The Bertz CT molecular complexity index is 1160. The molecule has 0 aromatic heterocycles. The Morgan fingerprint density at radius 2 is 1.75 bits per heavy atom. The number of amidine groups is 1. The number of ether oxygens (including phenoxy) is 2. The second-order valence-electron chi connectivity index (χ2n) is 6.59. The molecule has 0 fully saturated rings. The monoisotopic (exact) mass is 459 g/mol. The fourth-order valence-electron chi connectivity index (χ4n) is 2.83. The minimum Gasteiger partial charge on any atom is -0.462 e. The van der Waals surface area contributed by atoms with Crippen LogP contribution in [-0.2, 0) is 29.1 Å². The first-order chi connectivity index (χ1) is 15.3. The minimum absolute atomic E-state index is 0.0119. The molecule has 0 spiro atoms. The Labute approximate surface area is 184 Å². The van der Waals surface area contributed by atoms with Gasteiger partial charge in [0.2, 0.25) is 0 Å².